The van der Waals surface area contributed by atoms with Gasteiger partial charge in [-0.2, -0.15) is 26.3 Å². The quantitative estimate of drug-likeness (QED) is 0.791. The number of carboxylic acids is 1. The average Bonchev–Trinajstić information content (AvgIpc) is 2.44. The summed E-state index contributed by atoms with van der Waals surface area (Å²) in [6.07, 6.45) is -10.3. The number of hydrogen-bond acceptors (Lipinski definition) is 1. The highest BCUT2D eigenvalue weighted by Gasteiger charge is 2.36. The van der Waals surface area contributed by atoms with Crippen molar-refractivity contribution in [3.05, 3.63) is 59.2 Å². The zero-order chi connectivity index (χ0) is 18.1. The van der Waals surface area contributed by atoms with E-state index in [-0.39, 0.29) is 11.1 Å². The number of halogens is 6. The van der Waals surface area contributed by atoms with Gasteiger partial charge in [0.05, 0.1) is 17.5 Å². The zero-order valence-electron chi connectivity index (χ0n) is 11.9. The van der Waals surface area contributed by atoms with Crippen molar-refractivity contribution in [3.8, 4) is 11.1 Å². The van der Waals surface area contributed by atoms with Crippen molar-refractivity contribution in [1.29, 1.82) is 0 Å². The fourth-order valence-corrected chi connectivity index (χ4v) is 2.34. The minimum absolute atomic E-state index is 0.211. The molecule has 0 fully saturated rings. The normalized spacial score (nSPS) is 12.2. The molecule has 0 aliphatic heterocycles. The molecule has 2 nitrogen and oxygen atoms in total. The maximum atomic E-state index is 13.2. The Balaban J connectivity index is 2.74. The number of alkyl halides is 6. The second kappa shape index (κ2) is 6.18. The lowest BCUT2D eigenvalue weighted by atomic mass is 9.91. The van der Waals surface area contributed by atoms with Crippen LogP contribution in [0.2, 0.25) is 0 Å². The molecule has 2 aromatic carbocycles. The summed E-state index contributed by atoms with van der Waals surface area (Å²) in [6, 6.07) is 6.27. The second-order valence-corrected chi connectivity index (χ2v) is 4.99. The van der Waals surface area contributed by atoms with E-state index < -0.39 is 41.4 Å². The van der Waals surface area contributed by atoms with Crippen molar-refractivity contribution in [1.82, 2.24) is 0 Å². The molecule has 2 rings (SSSR count). The highest BCUT2D eigenvalue weighted by atomic mass is 19.4. The van der Waals surface area contributed by atoms with Gasteiger partial charge in [-0.25, -0.2) is 0 Å². The maximum Gasteiger partial charge on any atom is 0.417 e. The number of carbonyl (C=O) groups is 1. The van der Waals surface area contributed by atoms with Gasteiger partial charge in [0.1, 0.15) is 0 Å². The molecule has 0 radical (unpaired) electrons. The van der Waals surface area contributed by atoms with Gasteiger partial charge in [0, 0.05) is 0 Å². The molecular formula is C16H10F6O2. The number of aliphatic carboxylic acids is 1. The monoisotopic (exact) mass is 348 g/mol. The van der Waals surface area contributed by atoms with Crippen molar-refractivity contribution in [2.24, 2.45) is 0 Å². The first-order valence-corrected chi connectivity index (χ1v) is 6.58. The van der Waals surface area contributed by atoms with Crippen molar-refractivity contribution in [2.75, 3.05) is 0 Å². The Morgan fingerprint density at radius 1 is 0.917 bits per heavy atom. The summed E-state index contributed by atoms with van der Waals surface area (Å²) in [7, 11) is 0. The molecule has 0 aliphatic rings. The molecule has 2 aromatic rings. The summed E-state index contributed by atoms with van der Waals surface area (Å²) in [5, 5.41) is 8.85. The summed E-state index contributed by atoms with van der Waals surface area (Å²) in [5.41, 5.74) is -3.40. The van der Waals surface area contributed by atoms with Gasteiger partial charge in [0.2, 0.25) is 0 Å². The number of carboxylic acid groups (broad SMARTS) is 1. The number of benzene rings is 2. The zero-order valence-corrected chi connectivity index (χ0v) is 11.9. The lowest BCUT2D eigenvalue weighted by Gasteiger charge is -2.17. The van der Waals surface area contributed by atoms with E-state index in [2.05, 4.69) is 0 Å². The lowest BCUT2D eigenvalue weighted by Crippen LogP contribution is -2.11. The van der Waals surface area contributed by atoms with E-state index >= 15 is 0 Å². The molecule has 8 heteroatoms. The van der Waals surface area contributed by atoms with Gasteiger partial charge >= 0.3 is 18.3 Å². The third-order valence-corrected chi connectivity index (χ3v) is 3.28. The third kappa shape index (κ3) is 3.87. The third-order valence-electron chi connectivity index (χ3n) is 3.28. The molecule has 0 aromatic heterocycles. The van der Waals surface area contributed by atoms with Crippen LogP contribution in [0.25, 0.3) is 11.1 Å². The Morgan fingerprint density at radius 3 is 2.08 bits per heavy atom. The first-order chi connectivity index (χ1) is 11.0. The molecule has 1 N–H and O–H groups in total. The molecule has 0 heterocycles. The number of rotatable bonds is 3. The standard InChI is InChI=1S/C16H10F6O2/c17-15(18,19)11-5-1-3-9(7-11)14-10(8-13(23)24)4-2-6-12(14)16(20,21)22/h1-7H,8H2,(H,23,24). The molecule has 0 amide bonds. The van der Waals surface area contributed by atoms with Crippen molar-refractivity contribution in [2.45, 2.75) is 18.8 Å². The highest BCUT2D eigenvalue weighted by molar-refractivity contribution is 5.79. The van der Waals surface area contributed by atoms with E-state index in [4.69, 9.17) is 5.11 Å². The van der Waals surface area contributed by atoms with E-state index in [1.165, 1.54) is 0 Å². The van der Waals surface area contributed by atoms with Crippen LogP contribution >= 0.6 is 0 Å². The Bertz CT molecular complexity index is 762. The van der Waals surface area contributed by atoms with Crippen LogP contribution in [0, 0.1) is 0 Å². The van der Waals surface area contributed by atoms with Gasteiger partial charge in [0.25, 0.3) is 0 Å². The van der Waals surface area contributed by atoms with Gasteiger partial charge in [-0.15, -0.1) is 0 Å². The van der Waals surface area contributed by atoms with E-state index in [0.29, 0.717) is 12.1 Å². The molecule has 128 valence electrons. The molecule has 24 heavy (non-hydrogen) atoms. The minimum atomic E-state index is -4.84. The van der Waals surface area contributed by atoms with Crippen LogP contribution in [0.5, 0.6) is 0 Å². The number of hydrogen-bond donors (Lipinski definition) is 1. The first kappa shape index (κ1) is 17.8. The van der Waals surface area contributed by atoms with Crippen molar-refractivity contribution in [3.63, 3.8) is 0 Å². The van der Waals surface area contributed by atoms with Crippen LogP contribution in [0.15, 0.2) is 42.5 Å². The smallest absolute Gasteiger partial charge is 0.417 e. The van der Waals surface area contributed by atoms with E-state index in [9.17, 15) is 31.1 Å². The van der Waals surface area contributed by atoms with Crippen LogP contribution in [0.4, 0.5) is 26.3 Å². The van der Waals surface area contributed by atoms with E-state index in [0.717, 1.165) is 30.3 Å². The molecule has 0 atom stereocenters. The fraction of sp³-hybridized carbons (Fsp3) is 0.188. The largest absolute Gasteiger partial charge is 0.481 e. The predicted molar refractivity (Wildman–Crippen MR) is 73.2 cm³/mol. The summed E-state index contributed by atoms with van der Waals surface area (Å²) < 4.78 is 78.1. The lowest BCUT2D eigenvalue weighted by molar-refractivity contribution is -0.138. The summed E-state index contributed by atoms with van der Waals surface area (Å²) >= 11 is 0. The van der Waals surface area contributed by atoms with Gasteiger partial charge < -0.3 is 5.11 Å². The second-order valence-electron chi connectivity index (χ2n) is 4.99. The molecule has 0 unspecified atom stereocenters. The van der Waals surface area contributed by atoms with Crippen LogP contribution in [0.3, 0.4) is 0 Å². The molecular weight excluding hydrogens is 338 g/mol. The van der Waals surface area contributed by atoms with E-state index in [1.807, 2.05) is 0 Å². The summed E-state index contributed by atoms with van der Waals surface area (Å²) in [6.45, 7) is 0. The average molecular weight is 348 g/mol. The topological polar surface area (TPSA) is 37.3 Å². The Hall–Kier alpha value is -2.51. The van der Waals surface area contributed by atoms with Crippen molar-refractivity contribution < 1.29 is 36.2 Å². The molecule has 0 saturated heterocycles. The van der Waals surface area contributed by atoms with Crippen LogP contribution in [-0.4, -0.2) is 11.1 Å². The van der Waals surface area contributed by atoms with E-state index in [1.54, 1.807) is 0 Å². The summed E-state index contributed by atoms with van der Waals surface area (Å²) in [4.78, 5) is 10.9. The molecule has 0 bridgehead atoms. The SMILES string of the molecule is O=C(O)Cc1cccc(C(F)(F)F)c1-c1cccc(C(F)(F)F)c1. The van der Waals surface area contributed by atoms with Crippen LogP contribution in [-0.2, 0) is 23.6 Å². The Morgan fingerprint density at radius 2 is 1.54 bits per heavy atom. The van der Waals surface area contributed by atoms with Gasteiger partial charge in [-0.1, -0.05) is 24.3 Å². The maximum absolute atomic E-state index is 13.2. The van der Waals surface area contributed by atoms with Crippen molar-refractivity contribution >= 4 is 5.97 Å². The molecule has 0 saturated carbocycles. The van der Waals surface area contributed by atoms with Crippen LogP contribution < -0.4 is 0 Å². The predicted octanol–water partition coefficient (Wildman–Crippen LogP) is 5.02. The first-order valence-electron chi connectivity index (χ1n) is 6.58. The van der Waals surface area contributed by atoms with Crippen LogP contribution in [0.1, 0.15) is 16.7 Å². The molecule has 0 spiro atoms. The molecule has 0 aliphatic carbocycles. The van der Waals surface area contributed by atoms with Gasteiger partial charge in [-0.05, 0) is 34.9 Å². The minimum Gasteiger partial charge on any atom is -0.481 e. The summed E-state index contributed by atoms with van der Waals surface area (Å²) in [5.74, 6) is -1.39. The Labute approximate surface area is 132 Å². The van der Waals surface area contributed by atoms with Gasteiger partial charge in [0.15, 0.2) is 0 Å². The fourth-order valence-electron chi connectivity index (χ4n) is 2.34. The Kier molecular flexibility index (Phi) is 4.59. The van der Waals surface area contributed by atoms with Gasteiger partial charge in [-0.3, -0.25) is 4.79 Å². The highest BCUT2D eigenvalue weighted by Crippen LogP contribution is 2.40.